The minimum atomic E-state index is -0.743. The van der Waals surface area contributed by atoms with Gasteiger partial charge in [0.1, 0.15) is 10.8 Å². The summed E-state index contributed by atoms with van der Waals surface area (Å²) in [5.74, 6) is -0.811. The van der Waals surface area contributed by atoms with Crippen LogP contribution in [-0.2, 0) is 19.1 Å². The van der Waals surface area contributed by atoms with Gasteiger partial charge in [-0.3, -0.25) is 9.59 Å². The van der Waals surface area contributed by atoms with Crippen molar-refractivity contribution >= 4 is 57.4 Å². The number of carbonyl (C=O) groups excluding carboxylic acids is 2. The zero-order valence-electron chi connectivity index (χ0n) is 10.9. The molecule has 0 unspecified atom stereocenters. The summed E-state index contributed by atoms with van der Waals surface area (Å²) in [6.07, 6.45) is 1.46. The standard InChI is InChI=1S/C10H12O4.Sr.2H/c1-9-5-3-4-6(13-5)10(9,2)8(12)14-7(9)11;;;/h5-6H,3-4H2,1-2H3;;;/q;+2;2*-1/t5-,6+,9+,10-;;;. The maximum atomic E-state index is 11.7. The second kappa shape index (κ2) is 3.29. The zero-order valence-corrected chi connectivity index (χ0v) is 12.4. The van der Waals surface area contributed by atoms with Gasteiger partial charge < -0.3 is 12.3 Å². The van der Waals surface area contributed by atoms with Gasteiger partial charge in [-0.15, -0.1) is 0 Å². The third-order valence-corrected chi connectivity index (χ3v) is 4.42. The number of cyclic esters (lactones) is 2. The molecule has 3 aliphatic rings. The predicted molar refractivity (Wildman–Crippen MR) is 53.2 cm³/mol. The Morgan fingerprint density at radius 3 is 1.93 bits per heavy atom. The molecule has 4 nitrogen and oxygen atoms in total. The maximum Gasteiger partial charge on any atom is 2.00 e. The molecule has 3 aliphatic heterocycles. The van der Waals surface area contributed by atoms with E-state index in [-0.39, 0.29) is 60.5 Å². The van der Waals surface area contributed by atoms with Crippen LogP contribution in [0.5, 0.6) is 0 Å². The summed E-state index contributed by atoms with van der Waals surface area (Å²) in [7, 11) is 0. The van der Waals surface area contributed by atoms with Crippen molar-refractivity contribution in [2.24, 2.45) is 10.8 Å². The van der Waals surface area contributed by atoms with Gasteiger partial charge in [0, 0.05) is 0 Å². The molecule has 0 N–H and O–H groups in total. The predicted octanol–water partition coefficient (Wildman–Crippen LogP) is 0.488. The van der Waals surface area contributed by atoms with E-state index in [1.165, 1.54) is 0 Å². The van der Waals surface area contributed by atoms with Crippen LogP contribution in [0.1, 0.15) is 29.5 Å². The molecule has 0 amide bonds. The Kier molecular flexibility index (Phi) is 2.64. The van der Waals surface area contributed by atoms with Crippen LogP contribution in [0.25, 0.3) is 0 Å². The van der Waals surface area contributed by atoms with Crippen molar-refractivity contribution < 1.29 is 21.9 Å². The second-order valence-corrected chi connectivity index (χ2v) is 4.77. The van der Waals surface area contributed by atoms with E-state index in [0.717, 1.165) is 12.8 Å². The number of ether oxygens (including phenoxy) is 2. The van der Waals surface area contributed by atoms with Crippen LogP contribution >= 0.6 is 0 Å². The zero-order chi connectivity index (χ0) is 10.1. The van der Waals surface area contributed by atoms with Crippen LogP contribution in [0, 0.1) is 10.8 Å². The molecule has 4 atom stereocenters. The molecule has 3 heterocycles. The van der Waals surface area contributed by atoms with Crippen molar-refractivity contribution in [1.29, 1.82) is 0 Å². The first-order valence-corrected chi connectivity index (χ1v) is 4.93. The van der Waals surface area contributed by atoms with E-state index in [0.29, 0.717) is 0 Å². The van der Waals surface area contributed by atoms with Crippen molar-refractivity contribution in [1.82, 2.24) is 0 Å². The van der Waals surface area contributed by atoms with Crippen LogP contribution in [0.4, 0.5) is 0 Å². The van der Waals surface area contributed by atoms with Gasteiger partial charge in [-0.2, -0.15) is 0 Å². The largest absolute Gasteiger partial charge is 2.00 e. The number of hydrogen-bond acceptors (Lipinski definition) is 4. The van der Waals surface area contributed by atoms with Gasteiger partial charge >= 0.3 is 57.4 Å². The molecule has 0 saturated carbocycles. The Bertz CT molecular complexity index is 332. The van der Waals surface area contributed by atoms with Gasteiger partial charge in [-0.1, -0.05) is 0 Å². The second-order valence-electron chi connectivity index (χ2n) is 4.77. The molecule has 0 spiro atoms. The van der Waals surface area contributed by atoms with Gasteiger partial charge in [0.25, 0.3) is 0 Å². The summed E-state index contributed by atoms with van der Waals surface area (Å²) < 4.78 is 10.4. The fourth-order valence-electron chi connectivity index (χ4n) is 3.14. The number of fused-ring (bicyclic) bond motifs is 5. The molecular weight excluding hydrogens is 272 g/mol. The Morgan fingerprint density at radius 2 is 1.53 bits per heavy atom. The molecule has 0 aromatic rings. The molecule has 0 aliphatic carbocycles. The van der Waals surface area contributed by atoms with Crippen LogP contribution in [0.2, 0.25) is 0 Å². The molecule has 3 rings (SSSR count). The fraction of sp³-hybridized carbons (Fsp3) is 0.800. The summed E-state index contributed by atoms with van der Waals surface area (Å²) in [6.45, 7) is 3.59. The van der Waals surface area contributed by atoms with Crippen molar-refractivity contribution in [3.63, 3.8) is 0 Å². The van der Waals surface area contributed by atoms with E-state index in [9.17, 15) is 9.59 Å². The molecule has 0 aromatic heterocycles. The molecule has 5 heteroatoms. The van der Waals surface area contributed by atoms with Crippen LogP contribution in [-0.4, -0.2) is 69.6 Å². The summed E-state index contributed by atoms with van der Waals surface area (Å²) in [6, 6.07) is 0. The van der Waals surface area contributed by atoms with Crippen molar-refractivity contribution in [3.05, 3.63) is 0 Å². The quantitative estimate of drug-likeness (QED) is 0.369. The number of carbonyl (C=O) groups is 2. The summed E-state index contributed by atoms with van der Waals surface area (Å²) >= 11 is 0. The molecule has 3 saturated heterocycles. The van der Waals surface area contributed by atoms with E-state index in [2.05, 4.69) is 0 Å². The summed E-state index contributed by atoms with van der Waals surface area (Å²) in [4.78, 5) is 23.3. The van der Waals surface area contributed by atoms with Gasteiger partial charge in [0.2, 0.25) is 0 Å². The first kappa shape index (κ1) is 12.0. The molecule has 80 valence electrons. The van der Waals surface area contributed by atoms with E-state index < -0.39 is 22.8 Å². The van der Waals surface area contributed by atoms with Gasteiger partial charge in [0.05, 0.1) is 12.2 Å². The maximum absolute atomic E-state index is 11.7. The molecule has 0 radical (unpaired) electrons. The van der Waals surface area contributed by atoms with Gasteiger partial charge in [-0.05, 0) is 26.7 Å². The van der Waals surface area contributed by atoms with Gasteiger partial charge in [0.15, 0.2) is 0 Å². The Hall–Kier alpha value is 0.581. The summed E-state index contributed by atoms with van der Waals surface area (Å²) in [5, 5.41) is 0. The summed E-state index contributed by atoms with van der Waals surface area (Å²) in [5.41, 5.74) is -1.49. The number of rotatable bonds is 0. The van der Waals surface area contributed by atoms with Crippen molar-refractivity contribution in [2.45, 2.75) is 38.9 Å². The number of esters is 2. The smallest absolute Gasteiger partial charge is 1.00 e. The van der Waals surface area contributed by atoms with E-state index in [1.807, 2.05) is 0 Å². The van der Waals surface area contributed by atoms with Gasteiger partial charge in [-0.25, -0.2) is 0 Å². The molecule has 0 aromatic carbocycles. The Labute approximate surface area is 128 Å². The molecular formula is C10H14O4Sr. The third-order valence-electron chi connectivity index (χ3n) is 4.42. The first-order valence-electron chi connectivity index (χ1n) is 4.93. The van der Waals surface area contributed by atoms with E-state index in [1.54, 1.807) is 13.8 Å². The minimum absolute atomic E-state index is 0. The SMILES string of the molecule is C[C@@]12C(=O)OC(=O)[C@]1(C)[C@H]1CC[C@@H]2O1.[H-].[H-].[Sr+2]. The van der Waals surface area contributed by atoms with Crippen LogP contribution < -0.4 is 0 Å². The first-order chi connectivity index (χ1) is 6.51. The van der Waals surface area contributed by atoms with Crippen LogP contribution in [0.15, 0.2) is 0 Å². The average Bonchev–Trinajstić information content (AvgIpc) is 2.73. The molecule has 2 bridgehead atoms. The van der Waals surface area contributed by atoms with Crippen molar-refractivity contribution in [2.75, 3.05) is 0 Å². The topological polar surface area (TPSA) is 52.6 Å². The normalized spacial score (nSPS) is 51.3. The Balaban J connectivity index is 0.000000853. The Morgan fingerprint density at radius 1 is 1.13 bits per heavy atom. The minimum Gasteiger partial charge on any atom is -1.00 e. The third kappa shape index (κ3) is 1.06. The number of hydrogen-bond donors (Lipinski definition) is 0. The average molecular weight is 286 g/mol. The molecule has 3 fully saturated rings. The van der Waals surface area contributed by atoms with Crippen LogP contribution in [0.3, 0.4) is 0 Å². The monoisotopic (exact) mass is 286 g/mol. The van der Waals surface area contributed by atoms with E-state index in [4.69, 9.17) is 9.47 Å². The fourth-order valence-corrected chi connectivity index (χ4v) is 3.14. The molecule has 15 heavy (non-hydrogen) atoms. The van der Waals surface area contributed by atoms with Crippen molar-refractivity contribution in [3.8, 4) is 0 Å². The van der Waals surface area contributed by atoms with E-state index >= 15 is 0 Å².